The maximum absolute atomic E-state index is 11.8. The number of hydrogen-bond acceptors (Lipinski definition) is 2. The number of benzene rings is 1. The van der Waals surface area contributed by atoms with E-state index in [1.54, 1.807) is 6.92 Å². The maximum atomic E-state index is 11.8. The molecule has 0 bridgehead atoms. The summed E-state index contributed by atoms with van der Waals surface area (Å²) in [6.07, 6.45) is 0.345. The summed E-state index contributed by atoms with van der Waals surface area (Å²) in [4.78, 5) is 22.6. The van der Waals surface area contributed by atoms with Gasteiger partial charge in [0.15, 0.2) is 0 Å². The molecule has 1 heterocycles. The largest absolute Gasteiger partial charge is 0.481 e. The predicted molar refractivity (Wildman–Crippen MR) is 64.0 cm³/mol. The van der Waals surface area contributed by atoms with Crippen LogP contribution in [-0.2, 0) is 9.59 Å². The molecule has 0 spiro atoms. The van der Waals surface area contributed by atoms with Crippen molar-refractivity contribution in [1.82, 2.24) is 0 Å². The lowest BCUT2D eigenvalue weighted by Gasteiger charge is -2.12. The van der Waals surface area contributed by atoms with Gasteiger partial charge in [-0.25, -0.2) is 0 Å². The molecule has 1 aliphatic heterocycles. The summed E-state index contributed by atoms with van der Waals surface area (Å²) in [5.41, 5.74) is 2.81. The third-order valence-electron chi connectivity index (χ3n) is 3.17. The molecule has 1 amide bonds. The summed E-state index contributed by atoms with van der Waals surface area (Å²) in [6, 6.07) is 5.75. The van der Waals surface area contributed by atoms with Crippen molar-refractivity contribution in [3.8, 4) is 0 Å². The molecule has 2 unspecified atom stereocenters. The number of hydrogen-bond donors (Lipinski definition) is 2. The van der Waals surface area contributed by atoms with E-state index < -0.39 is 11.9 Å². The molecule has 0 saturated carbocycles. The van der Waals surface area contributed by atoms with Crippen LogP contribution in [0.5, 0.6) is 0 Å². The van der Waals surface area contributed by atoms with Crippen LogP contribution in [0.3, 0.4) is 0 Å². The van der Waals surface area contributed by atoms with E-state index in [-0.39, 0.29) is 11.8 Å². The molecule has 2 atom stereocenters. The zero-order chi connectivity index (χ0) is 12.6. The Bertz CT molecular complexity index is 482. The minimum Gasteiger partial charge on any atom is -0.481 e. The summed E-state index contributed by atoms with van der Waals surface area (Å²) >= 11 is 0. The molecule has 0 radical (unpaired) electrons. The molecule has 4 nitrogen and oxygen atoms in total. The second-order valence-corrected chi connectivity index (χ2v) is 4.61. The van der Waals surface area contributed by atoms with Gasteiger partial charge < -0.3 is 10.4 Å². The van der Waals surface area contributed by atoms with E-state index in [1.165, 1.54) is 0 Å². The van der Waals surface area contributed by atoms with Crippen LogP contribution in [0.15, 0.2) is 18.2 Å². The van der Waals surface area contributed by atoms with Gasteiger partial charge in [-0.2, -0.15) is 0 Å². The van der Waals surface area contributed by atoms with Crippen LogP contribution in [0.4, 0.5) is 5.69 Å². The number of rotatable bonds is 3. The van der Waals surface area contributed by atoms with Gasteiger partial charge in [-0.05, 0) is 25.0 Å². The van der Waals surface area contributed by atoms with Crippen LogP contribution in [0.1, 0.15) is 30.4 Å². The zero-order valence-electron chi connectivity index (χ0n) is 9.86. The van der Waals surface area contributed by atoms with Crippen molar-refractivity contribution in [1.29, 1.82) is 0 Å². The van der Waals surface area contributed by atoms with Crippen molar-refractivity contribution in [2.75, 3.05) is 5.32 Å². The SMILES string of the molecule is Cc1ccc2c(c1)C(CC(C)C(=O)O)C(=O)N2. The fourth-order valence-electron chi connectivity index (χ4n) is 2.13. The number of carbonyl (C=O) groups is 2. The summed E-state index contributed by atoms with van der Waals surface area (Å²) in [6.45, 7) is 3.59. The Kier molecular flexibility index (Phi) is 2.88. The number of fused-ring (bicyclic) bond motifs is 1. The fourth-order valence-corrected chi connectivity index (χ4v) is 2.13. The molecule has 90 valence electrons. The first kappa shape index (κ1) is 11.6. The lowest BCUT2D eigenvalue weighted by molar-refractivity contribution is -0.141. The molecule has 17 heavy (non-hydrogen) atoms. The van der Waals surface area contributed by atoms with Gasteiger partial charge in [-0.3, -0.25) is 9.59 Å². The monoisotopic (exact) mass is 233 g/mol. The van der Waals surface area contributed by atoms with E-state index in [4.69, 9.17) is 5.11 Å². The lowest BCUT2D eigenvalue weighted by Crippen LogP contribution is -2.19. The van der Waals surface area contributed by atoms with Crippen LogP contribution in [-0.4, -0.2) is 17.0 Å². The minimum absolute atomic E-state index is 0.0984. The Labute approximate surface area is 99.6 Å². The van der Waals surface area contributed by atoms with E-state index in [0.29, 0.717) is 6.42 Å². The second-order valence-electron chi connectivity index (χ2n) is 4.61. The predicted octanol–water partition coefficient (Wildman–Crippen LogP) is 2.14. The standard InChI is InChI=1S/C13H15NO3/c1-7-3-4-11-9(5-7)10(12(15)14-11)6-8(2)13(16)17/h3-5,8,10H,6H2,1-2H3,(H,14,15)(H,16,17). The van der Waals surface area contributed by atoms with Gasteiger partial charge in [0.05, 0.1) is 11.8 Å². The van der Waals surface area contributed by atoms with Crippen LogP contribution >= 0.6 is 0 Å². The molecule has 0 saturated heterocycles. The molecule has 1 aromatic rings. The molecule has 0 aliphatic carbocycles. The Morgan fingerprint density at radius 3 is 2.88 bits per heavy atom. The molecule has 1 aliphatic rings. The van der Waals surface area contributed by atoms with Gasteiger partial charge in [-0.1, -0.05) is 24.6 Å². The van der Waals surface area contributed by atoms with Crippen LogP contribution < -0.4 is 5.32 Å². The Balaban J connectivity index is 2.28. The van der Waals surface area contributed by atoms with Crippen molar-refractivity contribution >= 4 is 17.6 Å². The molecule has 4 heteroatoms. The quantitative estimate of drug-likeness (QED) is 0.840. The summed E-state index contributed by atoms with van der Waals surface area (Å²) < 4.78 is 0. The van der Waals surface area contributed by atoms with Crippen LogP contribution in [0.2, 0.25) is 0 Å². The van der Waals surface area contributed by atoms with Gasteiger partial charge in [-0.15, -0.1) is 0 Å². The number of carboxylic acid groups (broad SMARTS) is 1. The van der Waals surface area contributed by atoms with Crippen molar-refractivity contribution in [3.05, 3.63) is 29.3 Å². The highest BCUT2D eigenvalue weighted by molar-refractivity contribution is 6.03. The van der Waals surface area contributed by atoms with E-state index in [2.05, 4.69) is 5.32 Å². The molecule has 0 fully saturated rings. The molecule has 2 N–H and O–H groups in total. The third kappa shape index (κ3) is 2.16. The van der Waals surface area contributed by atoms with Gasteiger partial charge in [0.25, 0.3) is 0 Å². The molecule has 0 aromatic heterocycles. The summed E-state index contributed by atoms with van der Waals surface area (Å²) in [5, 5.41) is 11.7. The third-order valence-corrected chi connectivity index (χ3v) is 3.17. The number of carbonyl (C=O) groups excluding carboxylic acids is 1. The topological polar surface area (TPSA) is 66.4 Å². The van der Waals surface area contributed by atoms with Crippen molar-refractivity contribution in [3.63, 3.8) is 0 Å². The van der Waals surface area contributed by atoms with Crippen molar-refractivity contribution in [2.45, 2.75) is 26.2 Å². The van der Waals surface area contributed by atoms with Crippen LogP contribution in [0, 0.1) is 12.8 Å². The van der Waals surface area contributed by atoms with E-state index >= 15 is 0 Å². The van der Waals surface area contributed by atoms with Gasteiger partial charge in [0, 0.05) is 5.69 Å². The first-order chi connectivity index (χ1) is 7.99. The first-order valence-electron chi connectivity index (χ1n) is 5.63. The molecule has 1 aromatic carbocycles. The average molecular weight is 233 g/mol. The summed E-state index contributed by atoms with van der Waals surface area (Å²) in [7, 11) is 0. The Hall–Kier alpha value is -1.84. The zero-order valence-corrected chi connectivity index (χ0v) is 9.86. The Morgan fingerprint density at radius 2 is 2.24 bits per heavy atom. The van der Waals surface area contributed by atoms with E-state index in [9.17, 15) is 9.59 Å². The second kappa shape index (κ2) is 4.20. The Morgan fingerprint density at radius 1 is 1.53 bits per heavy atom. The molecular formula is C13H15NO3. The number of carboxylic acids is 1. The first-order valence-corrected chi connectivity index (χ1v) is 5.63. The van der Waals surface area contributed by atoms with E-state index in [1.807, 2.05) is 25.1 Å². The number of aryl methyl sites for hydroxylation is 1. The average Bonchev–Trinajstić information content (AvgIpc) is 2.55. The summed E-state index contributed by atoms with van der Waals surface area (Å²) in [5.74, 6) is -1.81. The van der Waals surface area contributed by atoms with Gasteiger partial charge in [0.1, 0.15) is 0 Å². The van der Waals surface area contributed by atoms with Gasteiger partial charge >= 0.3 is 5.97 Å². The molecule has 2 rings (SSSR count). The number of nitrogens with one attached hydrogen (secondary N) is 1. The van der Waals surface area contributed by atoms with Crippen molar-refractivity contribution in [2.24, 2.45) is 5.92 Å². The lowest BCUT2D eigenvalue weighted by atomic mass is 9.90. The minimum atomic E-state index is -0.862. The number of aliphatic carboxylic acids is 1. The van der Waals surface area contributed by atoms with E-state index in [0.717, 1.165) is 16.8 Å². The normalized spacial score (nSPS) is 19.6. The molecular weight excluding hydrogens is 218 g/mol. The maximum Gasteiger partial charge on any atom is 0.306 e. The highest BCUT2D eigenvalue weighted by Crippen LogP contribution is 2.36. The number of anilines is 1. The van der Waals surface area contributed by atoms with Gasteiger partial charge in [0.2, 0.25) is 5.91 Å². The highest BCUT2D eigenvalue weighted by Gasteiger charge is 2.32. The van der Waals surface area contributed by atoms with Crippen molar-refractivity contribution < 1.29 is 14.7 Å². The highest BCUT2D eigenvalue weighted by atomic mass is 16.4. The number of amides is 1. The van der Waals surface area contributed by atoms with Crippen LogP contribution in [0.25, 0.3) is 0 Å². The fraction of sp³-hybridized carbons (Fsp3) is 0.385. The smallest absolute Gasteiger partial charge is 0.306 e.